The lowest BCUT2D eigenvalue weighted by atomic mass is 11.0. The average molecular weight is 187 g/mol. The molecule has 0 amide bonds. The highest BCUT2D eigenvalue weighted by atomic mass is 127. The van der Waals surface area contributed by atoms with Gasteiger partial charge in [-0.1, -0.05) is 0 Å². The molecule has 0 rings (SSSR count). The van der Waals surface area contributed by atoms with Gasteiger partial charge in [0.05, 0.1) is 0 Å². The molecule has 0 unspecified atom stereocenters. The minimum Gasteiger partial charge on any atom is -0.293 e. The normalized spacial score (nSPS) is 12.0. The highest BCUT2D eigenvalue weighted by Crippen LogP contribution is 1.86. The van der Waals surface area contributed by atoms with Crippen LogP contribution in [0.1, 0.15) is 0 Å². The van der Waals surface area contributed by atoms with Crippen molar-refractivity contribution in [1.82, 2.24) is 0 Å². The predicted molar refractivity (Wildman–Crippen MR) is 29.3 cm³/mol. The first-order chi connectivity index (χ1) is 2.00. The quantitative estimate of drug-likeness (QED) is 0.195. The van der Waals surface area contributed by atoms with E-state index in [2.05, 4.69) is 0 Å². The SMILES string of the molecule is NC(N)(N)I. The second-order valence-corrected chi connectivity index (χ2v) is 2.70. The Kier molecular flexibility index (Phi) is 1.54. The third-order valence-corrected chi connectivity index (χ3v) is 0. The van der Waals surface area contributed by atoms with Gasteiger partial charge in [0.2, 0.25) is 0 Å². The summed E-state index contributed by atoms with van der Waals surface area (Å²) >= 11 is 1.71. The molecule has 0 aliphatic rings. The third-order valence-electron chi connectivity index (χ3n) is 0. The summed E-state index contributed by atoms with van der Waals surface area (Å²) in [6, 6.07) is 0. The smallest absolute Gasteiger partial charge is 0.169 e. The van der Waals surface area contributed by atoms with Crippen LogP contribution >= 0.6 is 22.6 Å². The zero-order chi connectivity index (χ0) is 4.50. The first kappa shape index (κ1) is 5.61. The van der Waals surface area contributed by atoms with Gasteiger partial charge in [0.25, 0.3) is 0 Å². The van der Waals surface area contributed by atoms with Crippen LogP contribution in [0.4, 0.5) is 0 Å². The molecule has 0 bridgehead atoms. The van der Waals surface area contributed by atoms with Crippen LogP contribution in [0.5, 0.6) is 0 Å². The van der Waals surface area contributed by atoms with Crippen LogP contribution in [0.2, 0.25) is 0 Å². The van der Waals surface area contributed by atoms with Crippen LogP contribution in [0.15, 0.2) is 0 Å². The molecular weight excluding hydrogens is 181 g/mol. The van der Waals surface area contributed by atoms with Crippen molar-refractivity contribution in [2.75, 3.05) is 0 Å². The summed E-state index contributed by atoms with van der Waals surface area (Å²) in [4.78, 5) is 0. The Morgan fingerprint density at radius 1 is 1.20 bits per heavy atom. The summed E-state index contributed by atoms with van der Waals surface area (Å²) in [5.74, 6) is 0. The maximum absolute atomic E-state index is 4.90. The molecule has 0 fully saturated rings. The van der Waals surface area contributed by atoms with Crippen molar-refractivity contribution in [3.8, 4) is 0 Å². The van der Waals surface area contributed by atoms with Crippen LogP contribution < -0.4 is 17.2 Å². The Balaban J connectivity index is 3.02. The van der Waals surface area contributed by atoms with E-state index in [1.54, 1.807) is 22.6 Å². The van der Waals surface area contributed by atoms with E-state index in [4.69, 9.17) is 17.2 Å². The number of rotatable bonds is 0. The van der Waals surface area contributed by atoms with E-state index in [0.29, 0.717) is 0 Å². The Labute approximate surface area is 44.0 Å². The number of alkyl halides is 1. The lowest BCUT2D eigenvalue weighted by molar-refractivity contribution is 0.717. The van der Waals surface area contributed by atoms with Crippen molar-refractivity contribution in [2.24, 2.45) is 17.2 Å². The topological polar surface area (TPSA) is 78.1 Å². The number of hydrogen-bond acceptors (Lipinski definition) is 3. The molecule has 0 aromatic rings. The molecule has 32 valence electrons. The van der Waals surface area contributed by atoms with E-state index in [9.17, 15) is 0 Å². The number of hydrogen-bond donors (Lipinski definition) is 3. The molecule has 0 aromatic heterocycles. The molecule has 0 aliphatic heterocycles. The van der Waals surface area contributed by atoms with Gasteiger partial charge in [-0.05, 0) is 22.6 Å². The van der Waals surface area contributed by atoms with Gasteiger partial charge in [-0.25, -0.2) is 0 Å². The average Bonchev–Trinajstić information content (AvgIpc) is 0.722. The summed E-state index contributed by atoms with van der Waals surface area (Å²) in [6.07, 6.45) is 0. The van der Waals surface area contributed by atoms with E-state index in [1.165, 1.54) is 0 Å². The van der Waals surface area contributed by atoms with Gasteiger partial charge < -0.3 is 0 Å². The van der Waals surface area contributed by atoms with Gasteiger partial charge in [0, 0.05) is 0 Å². The van der Waals surface area contributed by atoms with Crippen LogP contribution in [-0.4, -0.2) is 3.79 Å². The molecule has 4 heteroatoms. The standard InChI is InChI=1S/CH6IN3/c2-1(3,4)5/h3-5H2. The molecule has 0 aromatic carbocycles. The number of nitrogens with two attached hydrogens (primary N) is 3. The summed E-state index contributed by atoms with van der Waals surface area (Å²) in [5.41, 5.74) is 14.7. The predicted octanol–water partition coefficient (Wildman–Crippen LogP) is -1.09. The summed E-state index contributed by atoms with van der Waals surface area (Å²) in [5, 5.41) is 0. The van der Waals surface area contributed by atoms with Gasteiger partial charge in [0.15, 0.2) is 3.79 Å². The minimum atomic E-state index is -1.03. The maximum atomic E-state index is 4.90. The van der Waals surface area contributed by atoms with Crippen LogP contribution in [-0.2, 0) is 0 Å². The molecule has 0 spiro atoms. The van der Waals surface area contributed by atoms with Gasteiger partial charge in [-0.3, -0.25) is 17.2 Å². The fraction of sp³-hybridized carbons (Fsp3) is 1.00. The third kappa shape index (κ3) is 84.4. The van der Waals surface area contributed by atoms with Gasteiger partial charge >= 0.3 is 0 Å². The fourth-order valence-electron chi connectivity index (χ4n) is 0. The van der Waals surface area contributed by atoms with Crippen LogP contribution in [0.25, 0.3) is 0 Å². The Morgan fingerprint density at radius 3 is 1.20 bits per heavy atom. The zero-order valence-corrected chi connectivity index (χ0v) is 4.77. The van der Waals surface area contributed by atoms with Crippen molar-refractivity contribution < 1.29 is 0 Å². The monoisotopic (exact) mass is 187 g/mol. The van der Waals surface area contributed by atoms with E-state index >= 15 is 0 Å². The van der Waals surface area contributed by atoms with E-state index < -0.39 is 3.79 Å². The Hall–Kier alpha value is 0.610. The van der Waals surface area contributed by atoms with Crippen LogP contribution in [0, 0.1) is 0 Å². The summed E-state index contributed by atoms with van der Waals surface area (Å²) in [6.45, 7) is 0. The molecule has 0 saturated heterocycles. The maximum Gasteiger partial charge on any atom is 0.169 e. The molecule has 0 radical (unpaired) electrons. The molecule has 5 heavy (non-hydrogen) atoms. The van der Waals surface area contributed by atoms with E-state index in [1.807, 2.05) is 0 Å². The Morgan fingerprint density at radius 2 is 1.20 bits per heavy atom. The molecule has 0 atom stereocenters. The lowest BCUT2D eigenvalue weighted by Crippen LogP contribution is -2.51. The Bertz CT molecular complexity index is 22.4. The minimum absolute atomic E-state index is 1.03. The first-order valence-electron chi connectivity index (χ1n) is 1.06. The van der Waals surface area contributed by atoms with Gasteiger partial charge in [-0.2, -0.15) is 0 Å². The number of halogens is 1. The molecule has 0 saturated carbocycles. The van der Waals surface area contributed by atoms with Gasteiger partial charge in [-0.15, -0.1) is 0 Å². The van der Waals surface area contributed by atoms with Crippen molar-refractivity contribution in [3.05, 3.63) is 0 Å². The van der Waals surface area contributed by atoms with Crippen molar-refractivity contribution in [2.45, 2.75) is 3.79 Å². The molecule has 3 nitrogen and oxygen atoms in total. The highest BCUT2D eigenvalue weighted by Gasteiger charge is 1.99. The second-order valence-electron chi connectivity index (χ2n) is 0.827. The summed E-state index contributed by atoms with van der Waals surface area (Å²) in [7, 11) is 0. The lowest BCUT2D eigenvalue weighted by Gasteiger charge is -2.04. The largest absolute Gasteiger partial charge is 0.293 e. The van der Waals surface area contributed by atoms with E-state index in [0.717, 1.165) is 0 Å². The van der Waals surface area contributed by atoms with E-state index in [-0.39, 0.29) is 0 Å². The van der Waals surface area contributed by atoms with Crippen molar-refractivity contribution in [3.63, 3.8) is 0 Å². The highest BCUT2D eigenvalue weighted by molar-refractivity contribution is 14.1. The van der Waals surface area contributed by atoms with Crippen molar-refractivity contribution >= 4 is 22.6 Å². The zero-order valence-electron chi connectivity index (χ0n) is 2.61. The van der Waals surface area contributed by atoms with Crippen molar-refractivity contribution in [1.29, 1.82) is 0 Å². The van der Waals surface area contributed by atoms with Gasteiger partial charge in [0.1, 0.15) is 0 Å². The molecule has 0 aliphatic carbocycles. The molecule has 0 heterocycles. The molecular formula is CH6IN3. The molecule has 6 N–H and O–H groups in total. The fourth-order valence-corrected chi connectivity index (χ4v) is 0. The first-order valence-corrected chi connectivity index (χ1v) is 2.13. The second kappa shape index (κ2) is 1.38. The summed E-state index contributed by atoms with van der Waals surface area (Å²) < 4.78 is -1.03. The van der Waals surface area contributed by atoms with Crippen LogP contribution in [0.3, 0.4) is 0 Å².